The van der Waals surface area contributed by atoms with Crippen molar-refractivity contribution in [3.8, 4) is 11.4 Å². The molecule has 0 amide bonds. The fraction of sp³-hybridized carbons (Fsp3) is 0.357. The molecule has 0 bridgehead atoms. The van der Waals surface area contributed by atoms with Crippen molar-refractivity contribution in [2.24, 2.45) is 0 Å². The second-order valence-electron chi connectivity index (χ2n) is 4.72. The van der Waals surface area contributed by atoms with Gasteiger partial charge >= 0.3 is 0 Å². The Bertz CT molecular complexity index is 574. The predicted molar refractivity (Wildman–Crippen MR) is 70.9 cm³/mol. The summed E-state index contributed by atoms with van der Waals surface area (Å²) < 4.78 is 2.23. The summed E-state index contributed by atoms with van der Waals surface area (Å²) in [5.74, 6) is 0.932. The normalized spacial score (nSPS) is 14.5. The third kappa shape index (κ3) is 1.78. The van der Waals surface area contributed by atoms with E-state index in [4.69, 9.17) is 5.73 Å². The first kappa shape index (κ1) is 11.3. The van der Waals surface area contributed by atoms with Gasteiger partial charge in [0.2, 0.25) is 0 Å². The van der Waals surface area contributed by atoms with Crippen molar-refractivity contribution in [2.45, 2.75) is 32.4 Å². The van der Waals surface area contributed by atoms with Gasteiger partial charge in [0.05, 0.1) is 12.3 Å². The number of hydrogen-bond donors (Lipinski definition) is 2. The average Bonchev–Trinajstić information content (AvgIpc) is 2.77. The molecule has 94 valence electrons. The first-order valence-electron chi connectivity index (χ1n) is 6.34. The van der Waals surface area contributed by atoms with Gasteiger partial charge in [0.25, 0.3) is 0 Å². The number of fused-ring (bicyclic) bond motifs is 1. The predicted octanol–water partition coefficient (Wildman–Crippen LogP) is 1.96. The Kier molecular flexibility index (Phi) is 2.80. The Morgan fingerprint density at radius 2 is 2.22 bits per heavy atom. The average molecular weight is 243 g/mol. The van der Waals surface area contributed by atoms with Crippen LogP contribution in [0.25, 0.3) is 11.4 Å². The molecule has 2 aromatic rings. The van der Waals surface area contributed by atoms with Gasteiger partial charge in [-0.15, -0.1) is 0 Å². The maximum atomic E-state index is 9.41. The number of aliphatic hydroxyl groups excluding tert-OH is 1. The molecule has 18 heavy (non-hydrogen) atoms. The van der Waals surface area contributed by atoms with Crippen LogP contribution in [0.2, 0.25) is 0 Å². The molecule has 0 radical (unpaired) electrons. The second-order valence-corrected chi connectivity index (χ2v) is 4.72. The van der Waals surface area contributed by atoms with Crippen LogP contribution in [0.3, 0.4) is 0 Å². The van der Waals surface area contributed by atoms with E-state index in [-0.39, 0.29) is 6.61 Å². The lowest BCUT2D eigenvalue weighted by Gasteiger charge is -2.17. The summed E-state index contributed by atoms with van der Waals surface area (Å²) in [6, 6.07) is 7.76. The number of aromatic nitrogens is 2. The first-order chi connectivity index (χ1) is 8.79. The van der Waals surface area contributed by atoms with Gasteiger partial charge in [0, 0.05) is 23.5 Å². The molecule has 0 fully saturated rings. The van der Waals surface area contributed by atoms with Crippen molar-refractivity contribution in [2.75, 3.05) is 5.73 Å². The summed E-state index contributed by atoms with van der Waals surface area (Å²) in [6.07, 6.45) is 3.35. The van der Waals surface area contributed by atoms with Crippen molar-refractivity contribution < 1.29 is 5.11 Å². The Labute approximate surface area is 106 Å². The monoisotopic (exact) mass is 243 g/mol. The van der Waals surface area contributed by atoms with Crippen molar-refractivity contribution in [1.82, 2.24) is 9.55 Å². The maximum Gasteiger partial charge on any atom is 0.140 e. The summed E-state index contributed by atoms with van der Waals surface area (Å²) in [4.78, 5) is 4.58. The first-order valence-corrected chi connectivity index (χ1v) is 6.34. The molecule has 1 aliphatic rings. The fourth-order valence-corrected chi connectivity index (χ4v) is 2.64. The smallest absolute Gasteiger partial charge is 0.140 e. The summed E-state index contributed by atoms with van der Waals surface area (Å²) in [6.45, 7) is 0.990. The Hall–Kier alpha value is -1.81. The minimum atomic E-state index is 0.0116. The van der Waals surface area contributed by atoms with E-state index < -0.39 is 0 Å². The second kappa shape index (κ2) is 4.46. The largest absolute Gasteiger partial charge is 0.399 e. The summed E-state index contributed by atoms with van der Waals surface area (Å²) in [5.41, 5.74) is 9.59. The molecule has 0 unspecified atom stereocenters. The van der Waals surface area contributed by atoms with Gasteiger partial charge in [-0.25, -0.2) is 4.98 Å². The lowest BCUT2D eigenvalue weighted by atomic mass is 10.1. The molecule has 3 rings (SSSR count). The molecule has 1 aromatic heterocycles. The van der Waals surface area contributed by atoms with Crippen molar-refractivity contribution >= 4 is 5.69 Å². The van der Waals surface area contributed by atoms with Crippen molar-refractivity contribution in [3.05, 3.63) is 35.7 Å². The van der Waals surface area contributed by atoms with Gasteiger partial charge < -0.3 is 15.4 Å². The van der Waals surface area contributed by atoms with Crippen LogP contribution >= 0.6 is 0 Å². The zero-order valence-electron chi connectivity index (χ0n) is 10.3. The van der Waals surface area contributed by atoms with Crippen LogP contribution in [0, 0.1) is 0 Å². The molecule has 4 heteroatoms. The van der Waals surface area contributed by atoms with Crippen LogP contribution in [0.15, 0.2) is 24.3 Å². The third-order valence-corrected chi connectivity index (χ3v) is 3.50. The minimum Gasteiger partial charge on any atom is -0.399 e. The molecular weight excluding hydrogens is 226 g/mol. The minimum absolute atomic E-state index is 0.0116. The molecule has 1 aromatic carbocycles. The van der Waals surface area contributed by atoms with Gasteiger partial charge in [0.15, 0.2) is 0 Å². The molecular formula is C14H17N3O. The molecule has 0 atom stereocenters. The van der Waals surface area contributed by atoms with Crippen LogP contribution in [-0.4, -0.2) is 14.7 Å². The number of nitrogen functional groups attached to an aromatic ring is 1. The van der Waals surface area contributed by atoms with Crippen LogP contribution in [0.4, 0.5) is 5.69 Å². The fourth-order valence-electron chi connectivity index (χ4n) is 2.64. The van der Waals surface area contributed by atoms with Crippen LogP contribution in [0.5, 0.6) is 0 Å². The topological polar surface area (TPSA) is 64.1 Å². The molecule has 0 spiro atoms. The number of anilines is 1. The van der Waals surface area contributed by atoms with E-state index in [1.165, 1.54) is 18.5 Å². The Morgan fingerprint density at radius 3 is 3.00 bits per heavy atom. The highest BCUT2D eigenvalue weighted by molar-refractivity contribution is 5.62. The molecule has 2 heterocycles. The number of nitrogens with zero attached hydrogens (tertiary/aromatic N) is 2. The third-order valence-electron chi connectivity index (χ3n) is 3.50. The van der Waals surface area contributed by atoms with Crippen molar-refractivity contribution in [1.29, 1.82) is 0 Å². The highest BCUT2D eigenvalue weighted by Gasteiger charge is 2.20. The summed E-state index contributed by atoms with van der Waals surface area (Å²) in [7, 11) is 0. The zero-order valence-corrected chi connectivity index (χ0v) is 10.3. The van der Waals surface area contributed by atoms with E-state index in [1.807, 2.05) is 24.3 Å². The van der Waals surface area contributed by atoms with Gasteiger partial charge in [0.1, 0.15) is 5.82 Å². The van der Waals surface area contributed by atoms with E-state index in [1.54, 1.807) is 0 Å². The highest BCUT2D eigenvalue weighted by atomic mass is 16.3. The highest BCUT2D eigenvalue weighted by Crippen LogP contribution is 2.28. The van der Waals surface area contributed by atoms with Gasteiger partial charge in [-0.1, -0.05) is 12.1 Å². The van der Waals surface area contributed by atoms with Gasteiger partial charge in [-0.3, -0.25) is 0 Å². The molecule has 0 aliphatic carbocycles. The molecule has 1 aliphatic heterocycles. The van der Waals surface area contributed by atoms with E-state index in [2.05, 4.69) is 9.55 Å². The maximum absolute atomic E-state index is 9.41. The number of aliphatic hydroxyl groups is 1. The SMILES string of the molecule is Nc1cccc(-c2nc(CO)c3n2CCCC3)c1. The Morgan fingerprint density at radius 1 is 1.33 bits per heavy atom. The van der Waals surface area contributed by atoms with E-state index in [9.17, 15) is 5.11 Å². The molecule has 0 saturated heterocycles. The van der Waals surface area contributed by atoms with Crippen molar-refractivity contribution in [3.63, 3.8) is 0 Å². The zero-order chi connectivity index (χ0) is 12.5. The lowest BCUT2D eigenvalue weighted by Crippen LogP contribution is -2.12. The number of benzene rings is 1. The quantitative estimate of drug-likeness (QED) is 0.792. The lowest BCUT2D eigenvalue weighted by molar-refractivity contribution is 0.275. The standard InChI is InChI=1S/C14H17N3O/c15-11-5-3-4-10(8-11)14-16-12(9-18)13-6-1-2-7-17(13)14/h3-5,8,18H,1-2,6-7,9,15H2. The van der Waals surface area contributed by atoms with E-state index >= 15 is 0 Å². The van der Waals surface area contributed by atoms with Gasteiger partial charge in [-0.05, 0) is 31.4 Å². The number of rotatable bonds is 2. The molecule has 4 nitrogen and oxygen atoms in total. The van der Waals surface area contributed by atoms with Crippen LogP contribution in [0.1, 0.15) is 24.2 Å². The molecule has 3 N–H and O–H groups in total. The number of imidazole rings is 1. The number of hydrogen-bond acceptors (Lipinski definition) is 3. The van der Waals surface area contributed by atoms with E-state index in [0.717, 1.165) is 35.7 Å². The number of nitrogens with two attached hydrogens (primary N) is 1. The van der Waals surface area contributed by atoms with Gasteiger partial charge in [-0.2, -0.15) is 0 Å². The van der Waals surface area contributed by atoms with Crippen LogP contribution in [-0.2, 0) is 19.6 Å². The molecule has 0 saturated carbocycles. The Balaban J connectivity index is 2.14. The van der Waals surface area contributed by atoms with Crippen LogP contribution < -0.4 is 5.73 Å². The summed E-state index contributed by atoms with van der Waals surface area (Å²) in [5, 5.41) is 9.41. The summed E-state index contributed by atoms with van der Waals surface area (Å²) >= 11 is 0. The van der Waals surface area contributed by atoms with E-state index in [0.29, 0.717) is 0 Å².